The van der Waals surface area contributed by atoms with Crippen LogP contribution in [0.4, 0.5) is 10.5 Å². The zero-order valence-electron chi connectivity index (χ0n) is 11.5. The summed E-state index contributed by atoms with van der Waals surface area (Å²) in [4.78, 5) is 25.7. The average Bonchev–Trinajstić information content (AvgIpc) is 3.02. The molecule has 3 rings (SSSR count). The molecule has 0 spiro atoms. The van der Waals surface area contributed by atoms with Gasteiger partial charge >= 0.3 is 6.03 Å². The van der Waals surface area contributed by atoms with Crippen LogP contribution in [0.25, 0.3) is 0 Å². The molecule has 20 heavy (non-hydrogen) atoms. The largest absolute Gasteiger partial charge is 0.337 e. The van der Waals surface area contributed by atoms with E-state index >= 15 is 0 Å². The molecular weight excluding hydrogens is 254 g/mol. The lowest BCUT2D eigenvalue weighted by molar-refractivity contribution is -0.128. The van der Waals surface area contributed by atoms with Crippen molar-refractivity contribution in [3.63, 3.8) is 0 Å². The molecule has 5 heteroatoms. The molecule has 106 valence electrons. The number of rotatable bonds is 3. The molecular formula is C15H19N3O2. The number of hydrogen-bond acceptors (Lipinski definition) is 2. The molecule has 1 aliphatic carbocycles. The molecule has 2 N–H and O–H groups in total. The van der Waals surface area contributed by atoms with Crippen LogP contribution in [-0.2, 0) is 4.79 Å². The Morgan fingerprint density at radius 2 is 2.00 bits per heavy atom. The van der Waals surface area contributed by atoms with Gasteiger partial charge in [0.15, 0.2) is 0 Å². The fraction of sp³-hybridized carbons (Fsp3) is 0.467. The van der Waals surface area contributed by atoms with Gasteiger partial charge in [-0.05, 0) is 24.5 Å². The summed E-state index contributed by atoms with van der Waals surface area (Å²) in [7, 11) is 0. The third kappa shape index (κ3) is 2.76. The minimum absolute atomic E-state index is 0.0842. The summed E-state index contributed by atoms with van der Waals surface area (Å²) in [5.41, 5.74) is 0.752. The molecule has 1 saturated carbocycles. The highest BCUT2D eigenvalue weighted by atomic mass is 16.2. The van der Waals surface area contributed by atoms with Gasteiger partial charge in [-0.1, -0.05) is 25.1 Å². The monoisotopic (exact) mass is 273 g/mol. The summed E-state index contributed by atoms with van der Waals surface area (Å²) in [5, 5.41) is 5.64. The highest BCUT2D eigenvalue weighted by Gasteiger charge is 2.44. The van der Waals surface area contributed by atoms with E-state index in [9.17, 15) is 9.59 Å². The number of likely N-dealkylation sites (tertiary alicyclic amines) is 1. The first kappa shape index (κ1) is 13.0. The van der Waals surface area contributed by atoms with Crippen molar-refractivity contribution in [3.05, 3.63) is 30.3 Å². The van der Waals surface area contributed by atoms with Gasteiger partial charge in [-0.2, -0.15) is 0 Å². The number of nitrogens with zero attached hydrogens (tertiary/aromatic N) is 1. The van der Waals surface area contributed by atoms with Crippen molar-refractivity contribution in [1.29, 1.82) is 0 Å². The number of anilines is 1. The Bertz CT molecular complexity index is 517. The maximum absolute atomic E-state index is 11.9. The Morgan fingerprint density at radius 1 is 1.30 bits per heavy atom. The Balaban J connectivity index is 1.51. The Labute approximate surface area is 118 Å². The normalized spacial score (nSPS) is 28.4. The summed E-state index contributed by atoms with van der Waals surface area (Å²) < 4.78 is 0. The van der Waals surface area contributed by atoms with E-state index in [1.807, 2.05) is 35.2 Å². The first-order valence-corrected chi connectivity index (χ1v) is 7.05. The molecule has 0 bridgehead atoms. The highest BCUT2D eigenvalue weighted by Crippen LogP contribution is 2.37. The topological polar surface area (TPSA) is 61.4 Å². The van der Waals surface area contributed by atoms with Crippen molar-refractivity contribution >= 4 is 17.6 Å². The van der Waals surface area contributed by atoms with Gasteiger partial charge in [0.25, 0.3) is 0 Å². The summed E-state index contributed by atoms with van der Waals surface area (Å²) >= 11 is 0. The predicted octanol–water partition coefficient (Wildman–Crippen LogP) is 1.82. The van der Waals surface area contributed by atoms with Crippen LogP contribution in [0, 0.1) is 5.92 Å². The number of benzene rings is 1. The highest BCUT2D eigenvalue weighted by molar-refractivity contribution is 5.90. The van der Waals surface area contributed by atoms with E-state index in [1.54, 1.807) is 0 Å². The fourth-order valence-electron chi connectivity index (χ4n) is 2.76. The van der Waals surface area contributed by atoms with Crippen LogP contribution in [0.1, 0.15) is 19.8 Å². The van der Waals surface area contributed by atoms with Gasteiger partial charge in [0, 0.05) is 24.7 Å². The molecule has 1 saturated heterocycles. The zero-order valence-corrected chi connectivity index (χ0v) is 11.5. The lowest BCUT2D eigenvalue weighted by Gasteiger charge is -2.17. The van der Waals surface area contributed by atoms with Gasteiger partial charge < -0.3 is 15.5 Å². The first-order valence-electron chi connectivity index (χ1n) is 7.05. The minimum atomic E-state index is -0.250. The van der Waals surface area contributed by atoms with Crippen LogP contribution in [0.5, 0.6) is 0 Å². The molecule has 3 amide bonds. The molecule has 2 fully saturated rings. The van der Waals surface area contributed by atoms with Gasteiger partial charge in [0.1, 0.15) is 0 Å². The first-order chi connectivity index (χ1) is 9.63. The standard InChI is InChI=1S/C15H19N3O2/c1-10-7-13(10)18-9-12(8-14(18)19)17-15(20)16-11-5-3-2-4-6-11/h2-6,10,12-13H,7-9H2,1H3,(H2,16,17,20)/t10-,12+,13-/m1/s1. The van der Waals surface area contributed by atoms with Crippen LogP contribution >= 0.6 is 0 Å². The van der Waals surface area contributed by atoms with Crippen molar-refractivity contribution in [1.82, 2.24) is 10.2 Å². The van der Waals surface area contributed by atoms with Gasteiger partial charge in [0.05, 0.1) is 6.04 Å². The van der Waals surface area contributed by atoms with Crippen molar-refractivity contribution in [3.8, 4) is 0 Å². The number of urea groups is 1. The molecule has 0 unspecified atom stereocenters. The van der Waals surface area contributed by atoms with Crippen molar-refractivity contribution in [2.45, 2.75) is 31.8 Å². The van der Waals surface area contributed by atoms with Gasteiger partial charge in [-0.25, -0.2) is 4.79 Å². The van der Waals surface area contributed by atoms with E-state index < -0.39 is 0 Å². The number of para-hydroxylation sites is 1. The third-order valence-corrected chi connectivity index (χ3v) is 3.99. The van der Waals surface area contributed by atoms with E-state index in [2.05, 4.69) is 17.6 Å². The molecule has 2 aliphatic rings. The maximum atomic E-state index is 11.9. The number of amides is 3. The van der Waals surface area contributed by atoms with E-state index in [4.69, 9.17) is 0 Å². The molecule has 1 aromatic carbocycles. The van der Waals surface area contributed by atoms with Crippen molar-refractivity contribution in [2.24, 2.45) is 5.92 Å². The lowest BCUT2D eigenvalue weighted by atomic mass is 10.2. The van der Waals surface area contributed by atoms with E-state index in [1.165, 1.54) is 0 Å². The molecule has 1 heterocycles. The van der Waals surface area contributed by atoms with Crippen LogP contribution in [0.15, 0.2) is 30.3 Å². The smallest absolute Gasteiger partial charge is 0.319 e. The Morgan fingerprint density at radius 3 is 2.65 bits per heavy atom. The van der Waals surface area contributed by atoms with Gasteiger partial charge in [0.2, 0.25) is 5.91 Å². The average molecular weight is 273 g/mol. The van der Waals surface area contributed by atoms with Crippen molar-refractivity contribution < 1.29 is 9.59 Å². The summed E-state index contributed by atoms with van der Waals surface area (Å²) in [5.74, 6) is 0.764. The second-order valence-corrected chi connectivity index (χ2v) is 5.69. The van der Waals surface area contributed by atoms with E-state index in [0.29, 0.717) is 24.9 Å². The molecule has 3 atom stereocenters. The molecule has 1 aromatic rings. The molecule has 0 aromatic heterocycles. The molecule has 0 radical (unpaired) electrons. The van der Waals surface area contributed by atoms with Crippen LogP contribution < -0.4 is 10.6 Å². The lowest BCUT2D eigenvalue weighted by Crippen LogP contribution is -2.40. The zero-order chi connectivity index (χ0) is 14.1. The number of carbonyl (C=O) groups is 2. The van der Waals surface area contributed by atoms with E-state index in [-0.39, 0.29) is 18.0 Å². The summed E-state index contributed by atoms with van der Waals surface area (Å²) in [6, 6.07) is 9.35. The van der Waals surface area contributed by atoms with Gasteiger partial charge in [-0.15, -0.1) is 0 Å². The second kappa shape index (κ2) is 5.15. The van der Waals surface area contributed by atoms with Crippen LogP contribution in [-0.4, -0.2) is 35.5 Å². The molecule has 5 nitrogen and oxygen atoms in total. The summed E-state index contributed by atoms with van der Waals surface area (Å²) in [6.07, 6.45) is 1.50. The van der Waals surface area contributed by atoms with Gasteiger partial charge in [-0.3, -0.25) is 4.79 Å². The SMILES string of the molecule is C[C@@H]1C[C@H]1N1C[C@@H](NC(=O)Nc2ccccc2)CC1=O. The van der Waals surface area contributed by atoms with Crippen LogP contribution in [0.3, 0.4) is 0 Å². The maximum Gasteiger partial charge on any atom is 0.319 e. The Hall–Kier alpha value is -2.04. The predicted molar refractivity (Wildman–Crippen MR) is 76.3 cm³/mol. The quantitative estimate of drug-likeness (QED) is 0.882. The summed E-state index contributed by atoms with van der Waals surface area (Å²) in [6.45, 7) is 2.79. The van der Waals surface area contributed by atoms with E-state index in [0.717, 1.165) is 12.1 Å². The number of hydrogen-bond donors (Lipinski definition) is 2. The second-order valence-electron chi connectivity index (χ2n) is 5.69. The number of nitrogens with one attached hydrogen (secondary N) is 2. The Kier molecular flexibility index (Phi) is 3.34. The minimum Gasteiger partial charge on any atom is -0.337 e. The van der Waals surface area contributed by atoms with Crippen LogP contribution in [0.2, 0.25) is 0 Å². The molecule has 1 aliphatic heterocycles. The third-order valence-electron chi connectivity index (χ3n) is 3.99. The fourth-order valence-corrected chi connectivity index (χ4v) is 2.76. The number of carbonyl (C=O) groups excluding carboxylic acids is 2. The van der Waals surface area contributed by atoms with Crippen molar-refractivity contribution in [2.75, 3.05) is 11.9 Å².